The van der Waals surface area contributed by atoms with E-state index in [-0.39, 0.29) is 30.1 Å². The van der Waals surface area contributed by atoms with Crippen LogP contribution in [-0.4, -0.2) is 50.2 Å². The summed E-state index contributed by atoms with van der Waals surface area (Å²) in [6, 6.07) is 18.6. The first-order chi connectivity index (χ1) is 19.8. The number of anilines is 1. The summed E-state index contributed by atoms with van der Waals surface area (Å²) < 4.78 is 19.6. The molecule has 0 spiro atoms. The number of aromatic nitrogens is 4. The van der Waals surface area contributed by atoms with Crippen LogP contribution in [0.15, 0.2) is 70.3 Å². The number of hydrogen-bond donors (Lipinski definition) is 3. The lowest BCUT2D eigenvalue weighted by Gasteiger charge is -2.26. The van der Waals surface area contributed by atoms with Gasteiger partial charge in [-0.2, -0.15) is 4.98 Å². The molecule has 0 saturated heterocycles. The van der Waals surface area contributed by atoms with E-state index in [0.717, 1.165) is 11.1 Å². The molecule has 1 aliphatic carbocycles. The Bertz CT molecular complexity index is 1630. The first-order valence-corrected chi connectivity index (χ1v) is 13.3. The molecule has 12 heteroatoms. The highest BCUT2D eigenvalue weighted by molar-refractivity contribution is 5.87. The zero-order valence-electron chi connectivity index (χ0n) is 22.7. The second kappa shape index (κ2) is 12.3. The third-order valence-corrected chi connectivity index (χ3v) is 6.99. The highest BCUT2D eigenvalue weighted by Crippen LogP contribution is 2.40. The highest BCUT2D eigenvalue weighted by Gasteiger charge is 2.48. The maximum absolute atomic E-state index is 13.2. The molecule has 5 rings (SSSR count). The molecular formula is C29H31N5O7. The zero-order valence-corrected chi connectivity index (χ0v) is 22.7. The molecule has 1 aliphatic rings. The number of amides is 1. The maximum atomic E-state index is 13.2. The molecule has 4 aromatic rings. The summed E-state index contributed by atoms with van der Waals surface area (Å²) in [6.45, 7) is 3.40. The predicted molar refractivity (Wildman–Crippen MR) is 149 cm³/mol. The summed E-state index contributed by atoms with van der Waals surface area (Å²) >= 11 is 0. The fourth-order valence-corrected chi connectivity index (χ4v) is 5.26. The Morgan fingerprint density at radius 3 is 2.27 bits per heavy atom. The van der Waals surface area contributed by atoms with Gasteiger partial charge in [0.1, 0.15) is 6.10 Å². The van der Waals surface area contributed by atoms with Gasteiger partial charge in [-0.05, 0) is 17.5 Å². The predicted octanol–water partition coefficient (Wildman–Crippen LogP) is 2.67. The van der Waals surface area contributed by atoms with E-state index in [1.54, 1.807) is 0 Å². The van der Waals surface area contributed by atoms with Crippen LogP contribution in [-0.2, 0) is 37.0 Å². The molecule has 2 aromatic heterocycles. The van der Waals surface area contributed by atoms with Gasteiger partial charge in [-0.1, -0.05) is 60.7 Å². The lowest BCUT2D eigenvalue weighted by Crippen LogP contribution is -2.37. The van der Waals surface area contributed by atoms with E-state index in [2.05, 4.69) is 20.3 Å². The number of H-pyrrole nitrogens is 2. The summed E-state index contributed by atoms with van der Waals surface area (Å²) in [5.41, 5.74) is 0.675. The van der Waals surface area contributed by atoms with Crippen LogP contribution in [0.25, 0.3) is 11.2 Å². The van der Waals surface area contributed by atoms with Gasteiger partial charge >= 0.3 is 11.7 Å². The first-order valence-electron chi connectivity index (χ1n) is 13.3. The summed E-state index contributed by atoms with van der Waals surface area (Å²) in [6.07, 6.45) is -1.01. The minimum absolute atomic E-state index is 0.0253. The number of nitrogens with one attached hydrogen (secondary N) is 3. The van der Waals surface area contributed by atoms with Gasteiger partial charge in [-0.3, -0.25) is 34.2 Å². The molecular weight excluding hydrogens is 530 g/mol. The standard InChI is InChI=1S/C29H31N5O7/c1-17(35)30-28-32-26-24(27(37)33-28)31-29(38)34(26)22-13-23(40-15-20-11-7-4-8-12-20)21(25(22)41-18(2)36)16-39-14-19-9-5-3-6-10-19/h3-12,21-23,25H,13-16H2,1-2H3,(H,31,38)(H2,30,32,33,35,37)/t21-,22+,23+,25+/m1/s1. The number of ether oxygens (including phenoxy) is 3. The van der Waals surface area contributed by atoms with Gasteiger partial charge in [0.15, 0.2) is 11.2 Å². The van der Waals surface area contributed by atoms with Crippen molar-refractivity contribution in [2.24, 2.45) is 5.92 Å². The Kier molecular flexibility index (Phi) is 8.41. The van der Waals surface area contributed by atoms with Gasteiger partial charge in [0.25, 0.3) is 5.56 Å². The number of carbonyl (C=O) groups is 2. The third kappa shape index (κ3) is 6.44. The molecule has 41 heavy (non-hydrogen) atoms. The van der Waals surface area contributed by atoms with Crippen molar-refractivity contribution in [2.75, 3.05) is 11.9 Å². The second-order valence-corrected chi connectivity index (χ2v) is 9.97. The van der Waals surface area contributed by atoms with Crippen LogP contribution in [0.3, 0.4) is 0 Å². The van der Waals surface area contributed by atoms with Gasteiger partial charge in [0.2, 0.25) is 11.9 Å². The highest BCUT2D eigenvalue weighted by atomic mass is 16.6. The van der Waals surface area contributed by atoms with E-state index in [9.17, 15) is 19.2 Å². The molecule has 0 unspecified atom stereocenters. The van der Waals surface area contributed by atoms with Gasteiger partial charge in [-0.15, -0.1) is 0 Å². The van der Waals surface area contributed by atoms with E-state index in [1.165, 1.54) is 18.4 Å². The van der Waals surface area contributed by atoms with Crippen LogP contribution in [0.2, 0.25) is 0 Å². The Morgan fingerprint density at radius 2 is 1.63 bits per heavy atom. The zero-order chi connectivity index (χ0) is 28.9. The Balaban J connectivity index is 1.51. The van der Waals surface area contributed by atoms with Crippen LogP contribution >= 0.6 is 0 Å². The molecule has 0 aliphatic heterocycles. The smallest absolute Gasteiger partial charge is 0.328 e. The molecule has 2 aromatic carbocycles. The van der Waals surface area contributed by atoms with E-state index in [1.807, 2.05) is 60.7 Å². The minimum Gasteiger partial charge on any atom is -0.460 e. The Hall–Kier alpha value is -4.55. The molecule has 1 fully saturated rings. The van der Waals surface area contributed by atoms with Gasteiger partial charge in [-0.25, -0.2) is 4.79 Å². The Labute approximate surface area is 234 Å². The van der Waals surface area contributed by atoms with Crippen LogP contribution in [0.5, 0.6) is 0 Å². The number of carbonyl (C=O) groups excluding carboxylic acids is 2. The fourth-order valence-electron chi connectivity index (χ4n) is 5.26. The minimum atomic E-state index is -0.828. The van der Waals surface area contributed by atoms with Crippen molar-refractivity contribution < 1.29 is 23.8 Å². The summed E-state index contributed by atoms with van der Waals surface area (Å²) in [5, 5.41) is 2.44. The van der Waals surface area contributed by atoms with E-state index < -0.39 is 47.3 Å². The number of esters is 1. The van der Waals surface area contributed by atoms with E-state index in [0.29, 0.717) is 13.2 Å². The summed E-state index contributed by atoms with van der Waals surface area (Å²) in [4.78, 5) is 59.2. The first kappa shape index (κ1) is 28.0. The molecule has 1 amide bonds. The maximum Gasteiger partial charge on any atom is 0.328 e. The average Bonchev–Trinajstić information content (AvgIpc) is 3.44. The van der Waals surface area contributed by atoms with E-state index in [4.69, 9.17) is 14.2 Å². The number of aromatic amines is 2. The second-order valence-electron chi connectivity index (χ2n) is 9.97. The monoisotopic (exact) mass is 561 g/mol. The third-order valence-electron chi connectivity index (χ3n) is 6.99. The molecule has 1 saturated carbocycles. The van der Waals surface area contributed by atoms with Crippen LogP contribution in [0.4, 0.5) is 5.95 Å². The van der Waals surface area contributed by atoms with Crippen molar-refractivity contribution in [3.8, 4) is 0 Å². The van der Waals surface area contributed by atoms with Gasteiger partial charge in [0, 0.05) is 19.8 Å². The van der Waals surface area contributed by atoms with Crippen molar-refractivity contribution in [3.05, 3.63) is 92.6 Å². The van der Waals surface area contributed by atoms with Crippen LogP contribution < -0.4 is 16.6 Å². The van der Waals surface area contributed by atoms with E-state index >= 15 is 0 Å². The Morgan fingerprint density at radius 1 is 0.976 bits per heavy atom. The number of rotatable bonds is 10. The van der Waals surface area contributed by atoms with Crippen molar-refractivity contribution in [1.82, 2.24) is 19.5 Å². The summed E-state index contributed by atoms with van der Waals surface area (Å²) in [7, 11) is 0. The number of nitrogens with zero attached hydrogens (tertiary/aromatic N) is 2. The molecule has 2 heterocycles. The van der Waals surface area contributed by atoms with Gasteiger partial charge < -0.3 is 14.2 Å². The number of benzene rings is 2. The molecule has 0 bridgehead atoms. The average molecular weight is 562 g/mol. The normalized spacial score (nSPS) is 20.2. The lowest BCUT2D eigenvalue weighted by atomic mass is 10.0. The summed E-state index contributed by atoms with van der Waals surface area (Å²) in [5.74, 6) is -1.52. The van der Waals surface area contributed by atoms with Gasteiger partial charge in [0.05, 0.1) is 32.0 Å². The number of imidazole rings is 1. The quantitative estimate of drug-likeness (QED) is 0.249. The molecule has 4 atom stereocenters. The molecule has 3 N–H and O–H groups in total. The van der Waals surface area contributed by atoms with Crippen LogP contribution in [0, 0.1) is 5.92 Å². The van der Waals surface area contributed by atoms with Crippen molar-refractivity contribution in [1.29, 1.82) is 0 Å². The fraction of sp³-hybridized carbons (Fsp3) is 0.345. The largest absolute Gasteiger partial charge is 0.460 e. The number of fused-ring (bicyclic) bond motifs is 1. The number of hydrogen-bond acceptors (Lipinski definition) is 8. The molecule has 214 valence electrons. The van der Waals surface area contributed by atoms with Crippen molar-refractivity contribution >= 4 is 29.0 Å². The topological polar surface area (TPSA) is 157 Å². The van der Waals surface area contributed by atoms with Crippen LogP contribution in [0.1, 0.15) is 37.4 Å². The lowest BCUT2D eigenvalue weighted by molar-refractivity contribution is -0.153. The molecule has 0 radical (unpaired) electrons. The van der Waals surface area contributed by atoms with Crippen molar-refractivity contribution in [2.45, 2.75) is 51.7 Å². The SMILES string of the molecule is CC(=O)Nc1nc2c([nH]c(=O)n2[C@H]2C[C@H](OCc3ccccc3)[C@@H](COCc3ccccc3)[C@@H]2OC(C)=O)c(=O)[nH]1. The van der Waals surface area contributed by atoms with Crippen molar-refractivity contribution in [3.63, 3.8) is 0 Å². The molecule has 12 nitrogen and oxygen atoms in total.